The highest BCUT2D eigenvalue weighted by atomic mass is 16.2. The number of rotatable bonds is 2. The number of nitrogens with zero attached hydrogens (tertiary/aromatic N) is 5. The summed E-state index contributed by atoms with van der Waals surface area (Å²) in [6.45, 7) is 5.37. The highest BCUT2D eigenvalue weighted by molar-refractivity contribution is 6.06. The highest BCUT2D eigenvalue weighted by Crippen LogP contribution is 2.26. The number of aryl methyl sites for hydroxylation is 3. The fraction of sp³-hybridized carbons (Fsp3) is 0.421. The summed E-state index contributed by atoms with van der Waals surface area (Å²) in [7, 11) is 2.00. The summed E-state index contributed by atoms with van der Waals surface area (Å²) in [5, 5.41) is 5.54. The van der Waals surface area contributed by atoms with Crippen LogP contribution in [0.25, 0.3) is 10.9 Å². The number of fused-ring (bicyclic) bond motifs is 1. The molecule has 130 valence electrons. The minimum Gasteiger partial charge on any atom is -0.351 e. The smallest absolute Gasteiger partial charge is 0.254 e. The molecule has 0 saturated carbocycles. The fourth-order valence-corrected chi connectivity index (χ4v) is 3.88. The van der Waals surface area contributed by atoms with Crippen molar-refractivity contribution in [2.45, 2.75) is 32.7 Å². The van der Waals surface area contributed by atoms with Crippen LogP contribution < -0.4 is 0 Å². The van der Waals surface area contributed by atoms with Crippen molar-refractivity contribution in [3.05, 3.63) is 47.7 Å². The third-order valence-electron chi connectivity index (χ3n) is 5.10. The summed E-state index contributed by atoms with van der Waals surface area (Å²) in [6.07, 6.45) is 4.02. The summed E-state index contributed by atoms with van der Waals surface area (Å²) in [6, 6.07) is 8.16. The molecule has 1 atom stereocenters. The second-order valence-corrected chi connectivity index (χ2v) is 6.86. The molecule has 3 aromatic rings. The average Bonchev–Trinajstić information content (AvgIpc) is 3.16. The lowest BCUT2D eigenvalue weighted by atomic mass is 10.0. The first-order chi connectivity index (χ1) is 12.0. The van der Waals surface area contributed by atoms with Gasteiger partial charge in [-0.1, -0.05) is 6.07 Å². The predicted octanol–water partition coefficient (Wildman–Crippen LogP) is 2.86. The first kappa shape index (κ1) is 15.9. The SMILES string of the molecule is Cc1nc(C)n([C@H]2CCCN(C(=O)c3cccc4c3ccn4C)C2)n1. The standard InChI is InChI=1S/C19H23N5O/c1-13-20-14(2)24(21-13)15-6-5-10-23(12-15)19(25)17-7-4-8-18-16(17)9-11-22(18)3/h4,7-9,11,15H,5-6,10,12H2,1-3H3/t15-/m0/s1. The number of hydrogen-bond donors (Lipinski definition) is 0. The maximum atomic E-state index is 13.2. The lowest BCUT2D eigenvalue weighted by Gasteiger charge is -2.33. The van der Waals surface area contributed by atoms with Crippen molar-refractivity contribution >= 4 is 16.8 Å². The van der Waals surface area contributed by atoms with Gasteiger partial charge < -0.3 is 9.47 Å². The van der Waals surface area contributed by atoms with Crippen LogP contribution in [0.3, 0.4) is 0 Å². The molecule has 0 spiro atoms. The molecule has 1 saturated heterocycles. The van der Waals surface area contributed by atoms with Crippen LogP contribution in [0.4, 0.5) is 0 Å². The molecule has 1 aliphatic heterocycles. The van der Waals surface area contributed by atoms with Crippen molar-refractivity contribution in [3.63, 3.8) is 0 Å². The minimum absolute atomic E-state index is 0.107. The van der Waals surface area contributed by atoms with E-state index in [1.165, 1.54) is 0 Å². The molecule has 6 nitrogen and oxygen atoms in total. The van der Waals surface area contributed by atoms with E-state index in [2.05, 4.69) is 10.1 Å². The van der Waals surface area contributed by atoms with E-state index in [1.807, 2.05) is 65.5 Å². The van der Waals surface area contributed by atoms with E-state index in [0.29, 0.717) is 6.54 Å². The van der Waals surface area contributed by atoms with E-state index in [9.17, 15) is 4.79 Å². The Balaban J connectivity index is 1.62. The van der Waals surface area contributed by atoms with Crippen LogP contribution in [0, 0.1) is 13.8 Å². The Hall–Kier alpha value is -2.63. The number of piperidine rings is 1. The first-order valence-electron chi connectivity index (χ1n) is 8.77. The maximum absolute atomic E-state index is 13.2. The maximum Gasteiger partial charge on any atom is 0.254 e. The van der Waals surface area contributed by atoms with E-state index in [4.69, 9.17) is 0 Å². The van der Waals surface area contributed by atoms with Gasteiger partial charge in [-0.25, -0.2) is 9.67 Å². The molecule has 0 aliphatic carbocycles. The van der Waals surface area contributed by atoms with Gasteiger partial charge in [0.05, 0.1) is 6.04 Å². The van der Waals surface area contributed by atoms with Crippen molar-refractivity contribution in [1.82, 2.24) is 24.2 Å². The summed E-state index contributed by atoms with van der Waals surface area (Å²) in [5.41, 5.74) is 1.87. The largest absolute Gasteiger partial charge is 0.351 e. The topological polar surface area (TPSA) is 56.0 Å². The van der Waals surface area contributed by atoms with Crippen molar-refractivity contribution in [2.75, 3.05) is 13.1 Å². The molecular weight excluding hydrogens is 314 g/mol. The minimum atomic E-state index is 0.107. The van der Waals surface area contributed by atoms with Crippen LogP contribution in [-0.2, 0) is 7.05 Å². The number of carbonyl (C=O) groups is 1. The van der Waals surface area contributed by atoms with Gasteiger partial charge in [-0.05, 0) is 44.9 Å². The third-order valence-corrected chi connectivity index (χ3v) is 5.10. The van der Waals surface area contributed by atoms with Gasteiger partial charge in [0, 0.05) is 42.8 Å². The molecule has 1 fully saturated rings. The van der Waals surface area contributed by atoms with E-state index < -0.39 is 0 Å². The number of amides is 1. The van der Waals surface area contributed by atoms with Gasteiger partial charge in [-0.3, -0.25) is 4.79 Å². The van der Waals surface area contributed by atoms with Crippen molar-refractivity contribution in [3.8, 4) is 0 Å². The Morgan fingerprint density at radius 2 is 2.08 bits per heavy atom. The van der Waals surface area contributed by atoms with Crippen LogP contribution in [0.1, 0.15) is 40.9 Å². The van der Waals surface area contributed by atoms with E-state index >= 15 is 0 Å². The molecule has 25 heavy (non-hydrogen) atoms. The second-order valence-electron chi connectivity index (χ2n) is 6.86. The summed E-state index contributed by atoms with van der Waals surface area (Å²) >= 11 is 0. The van der Waals surface area contributed by atoms with Gasteiger partial charge in [0.2, 0.25) is 0 Å². The molecule has 1 aromatic carbocycles. The van der Waals surface area contributed by atoms with Crippen molar-refractivity contribution in [2.24, 2.45) is 7.05 Å². The van der Waals surface area contributed by atoms with Gasteiger partial charge >= 0.3 is 0 Å². The molecule has 0 bridgehead atoms. The molecule has 3 heterocycles. The molecule has 0 unspecified atom stereocenters. The lowest BCUT2D eigenvalue weighted by Crippen LogP contribution is -2.41. The van der Waals surface area contributed by atoms with Gasteiger partial charge in [0.1, 0.15) is 11.6 Å². The molecule has 1 aliphatic rings. The van der Waals surface area contributed by atoms with Gasteiger partial charge in [-0.2, -0.15) is 5.10 Å². The van der Waals surface area contributed by atoms with Crippen LogP contribution in [-0.4, -0.2) is 43.2 Å². The monoisotopic (exact) mass is 337 g/mol. The van der Waals surface area contributed by atoms with Crippen LogP contribution >= 0.6 is 0 Å². The van der Waals surface area contributed by atoms with Gasteiger partial charge in [0.25, 0.3) is 5.91 Å². The Bertz CT molecular complexity index is 939. The van der Waals surface area contributed by atoms with Crippen LogP contribution in [0.2, 0.25) is 0 Å². The van der Waals surface area contributed by atoms with Crippen LogP contribution in [0.5, 0.6) is 0 Å². The summed E-state index contributed by atoms with van der Waals surface area (Å²) < 4.78 is 4.03. The van der Waals surface area contributed by atoms with Crippen molar-refractivity contribution in [1.29, 1.82) is 0 Å². The third kappa shape index (κ3) is 2.71. The quantitative estimate of drug-likeness (QED) is 0.722. The number of hydrogen-bond acceptors (Lipinski definition) is 3. The average molecular weight is 337 g/mol. The Morgan fingerprint density at radius 1 is 1.24 bits per heavy atom. The fourth-order valence-electron chi connectivity index (χ4n) is 3.88. The molecule has 4 rings (SSSR count). The van der Waals surface area contributed by atoms with E-state index in [0.717, 1.165) is 47.5 Å². The number of likely N-dealkylation sites (tertiary alicyclic amines) is 1. The lowest BCUT2D eigenvalue weighted by molar-refractivity contribution is 0.0673. The van der Waals surface area contributed by atoms with Gasteiger partial charge in [-0.15, -0.1) is 0 Å². The zero-order valence-corrected chi connectivity index (χ0v) is 14.9. The zero-order valence-electron chi connectivity index (χ0n) is 14.9. The van der Waals surface area contributed by atoms with E-state index in [1.54, 1.807) is 0 Å². The molecule has 1 amide bonds. The van der Waals surface area contributed by atoms with E-state index in [-0.39, 0.29) is 11.9 Å². The molecule has 2 aromatic heterocycles. The second kappa shape index (κ2) is 6.02. The number of aromatic nitrogens is 4. The molecule has 0 radical (unpaired) electrons. The highest BCUT2D eigenvalue weighted by Gasteiger charge is 2.28. The number of benzene rings is 1. The summed E-state index contributed by atoms with van der Waals surface area (Å²) in [4.78, 5) is 19.5. The Kier molecular flexibility index (Phi) is 3.82. The molecule has 6 heteroatoms. The Morgan fingerprint density at radius 3 is 2.84 bits per heavy atom. The normalized spacial score (nSPS) is 18.0. The zero-order chi connectivity index (χ0) is 17.6. The van der Waals surface area contributed by atoms with Gasteiger partial charge in [0.15, 0.2) is 0 Å². The predicted molar refractivity (Wildman–Crippen MR) is 96.6 cm³/mol. The molecular formula is C19H23N5O. The summed E-state index contributed by atoms with van der Waals surface area (Å²) in [5.74, 6) is 1.81. The number of carbonyl (C=O) groups excluding carboxylic acids is 1. The first-order valence-corrected chi connectivity index (χ1v) is 8.77. The Labute approximate surface area is 147 Å². The molecule has 0 N–H and O–H groups in total. The van der Waals surface area contributed by atoms with Crippen molar-refractivity contribution < 1.29 is 4.79 Å². The van der Waals surface area contributed by atoms with Crippen LogP contribution in [0.15, 0.2) is 30.5 Å².